The number of nitrogens with zero attached hydrogens (tertiary/aromatic N) is 2. The van der Waals surface area contributed by atoms with Crippen LogP contribution >= 0.6 is 15.9 Å². The summed E-state index contributed by atoms with van der Waals surface area (Å²) in [5.74, 6) is 1.50. The molecule has 1 saturated heterocycles. The van der Waals surface area contributed by atoms with E-state index in [1.165, 1.54) is 0 Å². The van der Waals surface area contributed by atoms with E-state index in [9.17, 15) is 9.59 Å². The molecule has 1 saturated carbocycles. The molecule has 1 aromatic carbocycles. The summed E-state index contributed by atoms with van der Waals surface area (Å²) in [6.45, 7) is 3.05. The largest absolute Gasteiger partial charge is 0.496 e. The number of carbonyl (C=O) groups is 1. The Morgan fingerprint density at radius 1 is 1.21 bits per heavy atom. The van der Waals surface area contributed by atoms with Crippen molar-refractivity contribution in [3.63, 3.8) is 0 Å². The Hall–Kier alpha value is -2.28. The first kappa shape index (κ1) is 20.0. The average Bonchev–Trinajstić information content (AvgIpc) is 3.47. The number of rotatable bonds is 7. The van der Waals surface area contributed by atoms with Crippen molar-refractivity contribution in [2.24, 2.45) is 0 Å². The zero-order valence-electron chi connectivity index (χ0n) is 16.7. The Balaban J connectivity index is 1.28. The average molecular weight is 461 g/mol. The maximum absolute atomic E-state index is 12.5. The van der Waals surface area contributed by atoms with E-state index >= 15 is 0 Å². The van der Waals surface area contributed by atoms with E-state index in [4.69, 9.17) is 9.47 Å². The van der Waals surface area contributed by atoms with Gasteiger partial charge in [0.1, 0.15) is 17.6 Å². The van der Waals surface area contributed by atoms with Gasteiger partial charge in [0.2, 0.25) is 5.91 Å². The third kappa shape index (κ3) is 4.50. The zero-order chi connectivity index (χ0) is 20.5. The summed E-state index contributed by atoms with van der Waals surface area (Å²) < 4.78 is 14.1. The molecule has 1 amide bonds. The number of aryl methyl sites for hydroxylation is 2. The molecular formula is C22H25BrN2O4. The first-order valence-corrected chi connectivity index (χ1v) is 10.7. The Morgan fingerprint density at radius 2 is 1.97 bits per heavy atom. The van der Waals surface area contributed by atoms with Gasteiger partial charge in [0.25, 0.3) is 5.56 Å². The van der Waals surface area contributed by atoms with Gasteiger partial charge in [-0.05, 0) is 56.0 Å². The molecule has 0 atom stereocenters. The van der Waals surface area contributed by atoms with Crippen LogP contribution in [-0.4, -0.2) is 41.7 Å². The number of aromatic nitrogens is 1. The van der Waals surface area contributed by atoms with E-state index in [0.29, 0.717) is 37.7 Å². The van der Waals surface area contributed by atoms with Crippen LogP contribution in [0.3, 0.4) is 0 Å². The molecule has 0 spiro atoms. The Labute approximate surface area is 178 Å². The van der Waals surface area contributed by atoms with Crippen molar-refractivity contribution < 1.29 is 14.3 Å². The number of likely N-dealkylation sites (tertiary alicyclic amines) is 1. The highest BCUT2D eigenvalue weighted by molar-refractivity contribution is 9.10. The molecule has 1 aromatic heterocycles. The van der Waals surface area contributed by atoms with Gasteiger partial charge < -0.3 is 18.9 Å². The molecule has 1 aliphatic heterocycles. The number of hydrogen-bond donors (Lipinski definition) is 0. The van der Waals surface area contributed by atoms with E-state index in [2.05, 4.69) is 15.9 Å². The van der Waals surface area contributed by atoms with Crippen LogP contribution in [0, 0.1) is 6.92 Å². The number of pyridine rings is 1. The second-order valence-electron chi connectivity index (χ2n) is 7.77. The highest BCUT2D eigenvalue weighted by Crippen LogP contribution is 2.35. The Bertz CT molecular complexity index is 977. The van der Waals surface area contributed by atoms with Gasteiger partial charge in [0, 0.05) is 28.7 Å². The van der Waals surface area contributed by atoms with Crippen LogP contribution in [0.25, 0.3) is 0 Å². The minimum Gasteiger partial charge on any atom is -0.496 e. The van der Waals surface area contributed by atoms with Crippen molar-refractivity contribution in [1.82, 2.24) is 9.47 Å². The summed E-state index contributed by atoms with van der Waals surface area (Å²) in [5, 5.41) is 0. The first-order chi connectivity index (χ1) is 13.9. The molecule has 2 aromatic rings. The number of benzene rings is 1. The van der Waals surface area contributed by atoms with Crippen LogP contribution in [0.5, 0.6) is 11.5 Å². The summed E-state index contributed by atoms with van der Waals surface area (Å²) in [5.41, 5.74) is 1.94. The number of methoxy groups -OCH3 is 1. The van der Waals surface area contributed by atoms with E-state index < -0.39 is 0 Å². The third-order valence-electron chi connectivity index (χ3n) is 5.50. The molecule has 2 fully saturated rings. The van der Waals surface area contributed by atoms with Gasteiger partial charge in [0.05, 0.1) is 20.2 Å². The van der Waals surface area contributed by atoms with Gasteiger partial charge in [-0.15, -0.1) is 0 Å². The summed E-state index contributed by atoms with van der Waals surface area (Å²) >= 11 is 3.46. The number of halogens is 1. The maximum atomic E-state index is 12.5. The number of carbonyl (C=O) groups excluding carboxylic acids is 1. The molecule has 2 heterocycles. The second-order valence-corrected chi connectivity index (χ2v) is 8.68. The van der Waals surface area contributed by atoms with Crippen LogP contribution in [0.1, 0.15) is 36.6 Å². The number of ether oxygens (including phenoxy) is 2. The first-order valence-electron chi connectivity index (χ1n) is 9.94. The lowest BCUT2D eigenvalue weighted by atomic mass is 10.1. The molecule has 0 bridgehead atoms. The number of amides is 1. The fourth-order valence-corrected chi connectivity index (χ4v) is 4.21. The van der Waals surface area contributed by atoms with Crippen molar-refractivity contribution in [1.29, 1.82) is 0 Å². The van der Waals surface area contributed by atoms with Gasteiger partial charge in [-0.2, -0.15) is 0 Å². The van der Waals surface area contributed by atoms with Crippen LogP contribution in [0.15, 0.2) is 39.6 Å². The highest BCUT2D eigenvalue weighted by Gasteiger charge is 2.32. The minimum absolute atomic E-state index is 0.00211. The molecule has 0 unspecified atom stereocenters. The molecule has 29 heavy (non-hydrogen) atoms. The maximum Gasteiger partial charge on any atom is 0.254 e. The minimum atomic E-state index is -0.0602. The van der Waals surface area contributed by atoms with Crippen molar-refractivity contribution >= 4 is 21.8 Å². The molecule has 7 heteroatoms. The number of hydrogen-bond acceptors (Lipinski definition) is 4. The lowest BCUT2D eigenvalue weighted by molar-refractivity contribution is -0.139. The molecule has 6 nitrogen and oxygen atoms in total. The SMILES string of the molecule is COc1ccc(Br)cc1CCC(=O)N1CC(Oc2cc(C)n(C3CC3)c(=O)c2)C1. The van der Waals surface area contributed by atoms with E-state index in [-0.39, 0.29) is 17.6 Å². The monoisotopic (exact) mass is 460 g/mol. The summed E-state index contributed by atoms with van der Waals surface area (Å²) in [6, 6.07) is 9.65. The van der Waals surface area contributed by atoms with Gasteiger partial charge in [-0.3, -0.25) is 9.59 Å². The zero-order valence-corrected chi connectivity index (χ0v) is 18.3. The lowest BCUT2D eigenvalue weighted by Gasteiger charge is -2.39. The quantitative estimate of drug-likeness (QED) is 0.634. The predicted octanol–water partition coefficient (Wildman–Crippen LogP) is 3.49. The molecular weight excluding hydrogens is 436 g/mol. The van der Waals surface area contributed by atoms with Crippen LogP contribution in [-0.2, 0) is 11.2 Å². The van der Waals surface area contributed by atoms with Crippen molar-refractivity contribution in [3.8, 4) is 11.5 Å². The van der Waals surface area contributed by atoms with Gasteiger partial charge in [0.15, 0.2) is 0 Å². The fraction of sp³-hybridized carbons (Fsp3) is 0.455. The van der Waals surface area contributed by atoms with Crippen molar-refractivity contribution in [2.75, 3.05) is 20.2 Å². The van der Waals surface area contributed by atoms with E-state index in [1.807, 2.05) is 35.8 Å². The lowest BCUT2D eigenvalue weighted by Crippen LogP contribution is -2.56. The van der Waals surface area contributed by atoms with Crippen molar-refractivity contribution in [2.45, 2.75) is 44.8 Å². The summed E-state index contributed by atoms with van der Waals surface area (Å²) in [4.78, 5) is 26.6. The standard InChI is InChI=1S/C22H25BrN2O4/c1-14-9-18(11-22(27)25(14)17-5-6-17)29-19-12-24(13-19)21(26)8-3-15-10-16(23)4-7-20(15)28-2/h4,7,9-11,17,19H,3,5-6,8,12-13H2,1-2H3. The van der Waals surface area contributed by atoms with Gasteiger partial charge in [-0.1, -0.05) is 15.9 Å². The van der Waals surface area contributed by atoms with Crippen molar-refractivity contribution in [3.05, 3.63) is 56.4 Å². The van der Waals surface area contributed by atoms with Gasteiger partial charge in [-0.25, -0.2) is 0 Å². The molecule has 154 valence electrons. The van der Waals surface area contributed by atoms with E-state index in [1.54, 1.807) is 18.1 Å². The molecule has 4 rings (SSSR count). The summed E-state index contributed by atoms with van der Waals surface area (Å²) in [7, 11) is 1.64. The fourth-order valence-electron chi connectivity index (χ4n) is 3.80. The van der Waals surface area contributed by atoms with Crippen LogP contribution < -0.4 is 15.0 Å². The molecule has 0 radical (unpaired) electrons. The molecule has 2 aliphatic rings. The second kappa shape index (κ2) is 8.22. The van der Waals surface area contributed by atoms with Crippen LogP contribution in [0.4, 0.5) is 0 Å². The highest BCUT2D eigenvalue weighted by atomic mass is 79.9. The molecule has 1 aliphatic carbocycles. The van der Waals surface area contributed by atoms with E-state index in [0.717, 1.165) is 34.3 Å². The van der Waals surface area contributed by atoms with Gasteiger partial charge >= 0.3 is 0 Å². The normalized spacial score (nSPS) is 16.4. The smallest absolute Gasteiger partial charge is 0.254 e. The Kier molecular flexibility index (Phi) is 5.67. The summed E-state index contributed by atoms with van der Waals surface area (Å²) in [6.07, 6.45) is 3.15. The topological polar surface area (TPSA) is 60.8 Å². The predicted molar refractivity (Wildman–Crippen MR) is 114 cm³/mol. The third-order valence-corrected chi connectivity index (χ3v) is 5.99. The molecule has 0 N–H and O–H groups in total. The van der Waals surface area contributed by atoms with Crippen LogP contribution in [0.2, 0.25) is 0 Å². The Morgan fingerprint density at radius 3 is 2.62 bits per heavy atom.